The molecule has 0 atom stereocenters. The monoisotopic (exact) mass is 480 g/mol. The Morgan fingerprint density at radius 1 is 1.24 bits per heavy atom. The molecule has 0 saturated carbocycles. The molecule has 33 heavy (non-hydrogen) atoms. The molecule has 2 amide bonds. The Labute approximate surface area is 199 Å². The highest BCUT2D eigenvalue weighted by atomic mass is 32.2. The van der Waals surface area contributed by atoms with Gasteiger partial charge in [0.1, 0.15) is 10.1 Å². The van der Waals surface area contributed by atoms with Crippen molar-refractivity contribution < 1.29 is 19.0 Å². The topological polar surface area (TPSA) is 97.6 Å². The molecule has 2 heterocycles. The summed E-state index contributed by atoms with van der Waals surface area (Å²) in [6.07, 6.45) is 1.84. The van der Waals surface area contributed by atoms with Crippen LogP contribution in [-0.4, -0.2) is 45.0 Å². The van der Waals surface area contributed by atoms with Gasteiger partial charge in [0.25, 0.3) is 5.91 Å². The zero-order valence-electron chi connectivity index (χ0n) is 17.9. The largest absolute Gasteiger partial charge is 0.497 e. The fourth-order valence-electron chi connectivity index (χ4n) is 3.28. The van der Waals surface area contributed by atoms with Crippen LogP contribution < -0.4 is 10.1 Å². The number of carbonyl (C=O) groups is 2. The van der Waals surface area contributed by atoms with Crippen LogP contribution in [0.25, 0.3) is 17.3 Å². The molecular formula is C23H20N4O4S2. The minimum Gasteiger partial charge on any atom is -0.497 e. The molecule has 0 aliphatic carbocycles. The lowest BCUT2D eigenvalue weighted by atomic mass is 10.1. The molecule has 168 valence electrons. The van der Waals surface area contributed by atoms with Gasteiger partial charge in [0.05, 0.1) is 12.0 Å². The first-order valence-electron chi connectivity index (χ1n) is 10.0. The number of rotatable bonds is 7. The number of benzene rings is 2. The van der Waals surface area contributed by atoms with Crippen LogP contribution >= 0.6 is 24.0 Å². The van der Waals surface area contributed by atoms with E-state index in [0.29, 0.717) is 20.7 Å². The second-order valence-electron chi connectivity index (χ2n) is 7.18. The van der Waals surface area contributed by atoms with Gasteiger partial charge in [0.2, 0.25) is 11.7 Å². The molecule has 1 aromatic heterocycles. The van der Waals surface area contributed by atoms with Gasteiger partial charge in [-0.05, 0) is 52.6 Å². The summed E-state index contributed by atoms with van der Waals surface area (Å²) in [5, 5.41) is 10.5. The number of hydrogen-bond donors (Lipinski definition) is 1. The summed E-state index contributed by atoms with van der Waals surface area (Å²) in [6.45, 7) is 2.06. The number of hydrogen-bond acceptors (Lipinski definition) is 8. The van der Waals surface area contributed by atoms with Crippen molar-refractivity contribution in [2.45, 2.75) is 13.3 Å². The van der Waals surface area contributed by atoms with Crippen LogP contribution in [0.3, 0.4) is 0 Å². The summed E-state index contributed by atoms with van der Waals surface area (Å²) in [5.41, 5.74) is 2.98. The molecule has 0 bridgehead atoms. The summed E-state index contributed by atoms with van der Waals surface area (Å²) in [5.74, 6) is 0.379. The first-order chi connectivity index (χ1) is 16.0. The van der Waals surface area contributed by atoms with E-state index < -0.39 is 0 Å². The second kappa shape index (κ2) is 9.97. The summed E-state index contributed by atoms with van der Waals surface area (Å²) in [7, 11) is 1.59. The number of nitrogens with zero attached hydrogens (tertiary/aromatic N) is 3. The highest BCUT2D eigenvalue weighted by molar-refractivity contribution is 8.26. The van der Waals surface area contributed by atoms with Gasteiger partial charge in [-0.2, -0.15) is 0 Å². The molecule has 1 fully saturated rings. The molecule has 8 nitrogen and oxygen atoms in total. The molecular weight excluding hydrogens is 460 g/mol. The van der Waals surface area contributed by atoms with Crippen molar-refractivity contribution >= 4 is 52.0 Å². The van der Waals surface area contributed by atoms with Crippen molar-refractivity contribution in [3.8, 4) is 17.0 Å². The van der Waals surface area contributed by atoms with Gasteiger partial charge in [-0.3, -0.25) is 14.5 Å². The van der Waals surface area contributed by atoms with Crippen LogP contribution in [-0.2, 0) is 9.59 Å². The van der Waals surface area contributed by atoms with E-state index in [2.05, 4.69) is 15.6 Å². The summed E-state index contributed by atoms with van der Waals surface area (Å²) in [4.78, 5) is 27.3. The van der Waals surface area contributed by atoms with Gasteiger partial charge in [0, 0.05) is 18.5 Å². The van der Waals surface area contributed by atoms with Gasteiger partial charge in [0.15, 0.2) is 5.69 Å². The maximum absolute atomic E-state index is 12.7. The Hall–Kier alpha value is -3.50. The third-order valence-corrected chi connectivity index (χ3v) is 6.35. The Morgan fingerprint density at radius 3 is 2.76 bits per heavy atom. The number of ether oxygens (including phenoxy) is 1. The quantitative estimate of drug-likeness (QED) is 0.395. The smallest absolute Gasteiger partial charge is 0.266 e. The van der Waals surface area contributed by atoms with Crippen molar-refractivity contribution in [3.05, 3.63) is 64.6 Å². The molecule has 0 unspecified atom stereocenters. The number of aromatic nitrogens is 2. The number of thioether (sulfide) groups is 1. The normalized spacial score (nSPS) is 14.7. The zero-order valence-corrected chi connectivity index (χ0v) is 19.5. The Kier molecular flexibility index (Phi) is 6.85. The number of anilines is 1. The van der Waals surface area contributed by atoms with Crippen molar-refractivity contribution in [3.63, 3.8) is 0 Å². The van der Waals surface area contributed by atoms with Gasteiger partial charge in [-0.15, -0.1) is 0 Å². The molecule has 4 rings (SSSR count). The molecule has 1 saturated heterocycles. The lowest BCUT2D eigenvalue weighted by molar-refractivity contribution is -0.122. The van der Waals surface area contributed by atoms with E-state index in [9.17, 15) is 9.59 Å². The minimum atomic E-state index is -0.334. The Bertz CT molecular complexity index is 1240. The maximum Gasteiger partial charge on any atom is 0.266 e. The van der Waals surface area contributed by atoms with E-state index in [4.69, 9.17) is 21.6 Å². The summed E-state index contributed by atoms with van der Waals surface area (Å²) < 4.78 is 10.5. The van der Waals surface area contributed by atoms with Crippen LogP contribution in [0.5, 0.6) is 5.75 Å². The van der Waals surface area contributed by atoms with Crippen molar-refractivity contribution in [1.29, 1.82) is 0 Å². The third-order valence-electron chi connectivity index (χ3n) is 4.97. The van der Waals surface area contributed by atoms with Gasteiger partial charge < -0.3 is 10.1 Å². The van der Waals surface area contributed by atoms with Crippen molar-refractivity contribution in [1.82, 2.24) is 15.2 Å². The van der Waals surface area contributed by atoms with Crippen LogP contribution in [0.2, 0.25) is 0 Å². The third kappa shape index (κ3) is 5.12. The van der Waals surface area contributed by atoms with Gasteiger partial charge >= 0.3 is 0 Å². The summed E-state index contributed by atoms with van der Waals surface area (Å²) >= 11 is 6.57. The molecule has 3 aromatic rings. The molecule has 2 aromatic carbocycles. The molecule has 1 aliphatic rings. The average Bonchev–Trinajstić information content (AvgIpc) is 3.36. The van der Waals surface area contributed by atoms with E-state index in [1.807, 2.05) is 49.4 Å². The SMILES string of the molecule is COc1ccc(-c2nonc2NC(=O)CCN2C(=O)/C(=C/c3ccccc3)SC2=S)c(C)c1. The number of methoxy groups -OCH3 is 1. The van der Waals surface area contributed by atoms with Gasteiger partial charge in [-0.1, -0.05) is 54.3 Å². The second-order valence-corrected chi connectivity index (χ2v) is 8.86. The first-order valence-corrected chi connectivity index (χ1v) is 11.3. The number of amides is 2. The molecule has 1 aliphatic heterocycles. The van der Waals surface area contributed by atoms with E-state index in [-0.39, 0.29) is 30.6 Å². The van der Waals surface area contributed by atoms with E-state index in [0.717, 1.165) is 16.7 Å². The highest BCUT2D eigenvalue weighted by Crippen LogP contribution is 2.33. The Balaban J connectivity index is 1.40. The standard InChI is InChI=1S/C23H20N4O4S2/c1-14-12-16(30-2)8-9-17(14)20-21(26-31-25-20)24-19(28)10-11-27-22(29)18(33-23(27)32)13-15-6-4-3-5-7-15/h3-9,12-13H,10-11H2,1-2H3,(H,24,26,28)/b18-13-. The predicted octanol–water partition coefficient (Wildman–Crippen LogP) is 4.28. The average molecular weight is 481 g/mol. The maximum atomic E-state index is 12.7. The molecule has 0 spiro atoms. The van der Waals surface area contributed by atoms with Crippen LogP contribution in [0.15, 0.2) is 58.1 Å². The molecule has 0 radical (unpaired) electrons. The van der Waals surface area contributed by atoms with E-state index >= 15 is 0 Å². The van der Waals surface area contributed by atoms with Crippen LogP contribution in [0.4, 0.5) is 5.82 Å². The van der Waals surface area contributed by atoms with E-state index in [1.54, 1.807) is 19.3 Å². The fraction of sp³-hybridized carbons (Fsp3) is 0.174. The Morgan fingerprint density at radius 2 is 2.03 bits per heavy atom. The van der Waals surface area contributed by atoms with Crippen LogP contribution in [0.1, 0.15) is 17.5 Å². The lowest BCUT2D eigenvalue weighted by Crippen LogP contribution is -2.31. The molecule has 1 N–H and O–H groups in total. The fourth-order valence-corrected chi connectivity index (χ4v) is 4.59. The van der Waals surface area contributed by atoms with Gasteiger partial charge in [-0.25, -0.2) is 4.63 Å². The van der Waals surface area contributed by atoms with Crippen molar-refractivity contribution in [2.24, 2.45) is 0 Å². The first kappa shape index (κ1) is 22.7. The minimum absolute atomic E-state index is 0.0406. The number of thiocarbonyl (C=S) groups is 1. The number of carbonyl (C=O) groups excluding carboxylic acids is 2. The predicted molar refractivity (Wildman–Crippen MR) is 131 cm³/mol. The zero-order chi connectivity index (χ0) is 23.4. The number of aryl methyl sites for hydroxylation is 1. The van der Waals surface area contributed by atoms with Crippen LogP contribution in [0, 0.1) is 6.92 Å². The molecule has 10 heteroatoms. The van der Waals surface area contributed by atoms with Crippen molar-refractivity contribution in [2.75, 3.05) is 19.0 Å². The number of nitrogens with one attached hydrogen (secondary N) is 1. The lowest BCUT2D eigenvalue weighted by Gasteiger charge is -2.13. The summed E-state index contributed by atoms with van der Waals surface area (Å²) in [6, 6.07) is 15.0. The highest BCUT2D eigenvalue weighted by Gasteiger charge is 2.32. The van der Waals surface area contributed by atoms with E-state index in [1.165, 1.54) is 16.7 Å².